The normalized spacial score (nSPS) is 19.2. The summed E-state index contributed by atoms with van der Waals surface area (Å²) in [5.74, 6) is -0.345. The highest BCUT2D eigenvalue weighted by molar-refractivity contribution is 9.07. The highest BCUT2D eigenvalue weighted by Crippen LogP contribution is 2.43. The minimum absolute atomic E-state index is 0.0696. The van der Waals surface area contributed by atoms with Gasteiger partial charge in [-0.05, 0) is 49.8 Å². The largest absolute Gasteiger partial charge is 0.434 e. The van der Waals surface area contributed by atoms with E-state index in [4.69, 9.17) is 11.6 Å². The number of halogens is 7. The minimum atomic E-state index is -4.50. The number of piperidine rings is 1. The van der Waals surface area contributed by atoms with Crippen LogP contribution in [0.25, 0.3) is 11.3 Å². The lowest BCUT2D eigenvalue weighted by Gasteiger charge is -2.34. The van der Waals surface area contributed by atoms with Crippen LogP contribution in [0.4, 0.5) is 22.0 Å². The minimum Gasteiger partial charge on any atom is -0.434 e. The van der Waals surface area contributed by atoms with Gasteiger partial charge in [-0.25, -0.2) is 3.93 Å². The number of ether oxygens (including phenoxy) is 1. The fourth-order valence-corrected chi connectivity index (χ4v) is 5.56. The predicted molar refractivity (Wildman–Crippen MR) is 139 cm³/mol. The first-order chi connectivity index (χ1) is 17.6. The van der Waals surface area contributed by atoms with E-state index in [1.165, 1.54) is 16.8 Å². The lowest BCUT2D eigenvalue weighted by atomic mass is 9.84. The SMILES string of the molecule is CCn1nc(C(=O)NC[C@@H]2CC[C@@H](C)CN2Br)c(Cl)c1-c1ccc(CC(C)(C)C(F)(F)F)cc1OC(F)F. The Balaban J connectivity index is 1.92. The number of hydrogen-bond acceptors (Lipinski definition) is 4. The predicted octanol–water partition coefficient (Wildman–Crippen LogP) is 7.10. The second-order valence-corrected chi connectivity index (χ2v) is 11.5. The fraction of sp³-hybridized carbons (Fsp3) is 0.600. The number of carbonyl (C=O) groups excluding carboxylic acids is 1. The number of amides is 1. The zero-order valence-corrected chi connectivity index (χ0v) is 23.9. The molecular weight excluding hydrogens is 599 g/mol. The molecule has 38 heavy (non-hydrogen) atoms. The van der Waals surface area contributed by atoms with Crippen molar-refractivity contribution in [3.05, 3.63) is 34.5 Å². The number of aromatic nitrogens is 2. The van der Waals surface area contributed by atoms with E-state index < -0.39 is 30.5 Å². The van der Waals surface area contributed by atoms with Gasteiger partial charge in [0.1, 0.15) is 5.75 Å². The van der Waals surface area contributed by atoms with Crippen molar-refractivity contribution in [1.29, 1.82) is 0 Å². The van der Waals surface area contributed by atoms with E-state index in [-0.39, 0.29) is 45.9 Å². The monoisotopic (exact) mass is 628 g/mol. The van der Waals surface area contributed by atoms with Crippen LogP contribution in [0.3, 0.4) is 0 Å². The number of aryl methyl sites for hydroxylation is 1. The maximum atomic E-state index is 13.4. The first kappa shape index (κ1) is 30.6. The standard InChI is InChI=1S/C25H31BrClF5N4O2/c1-5-36-21(19(27)20(34-36)22(37)33-12-16-8-6-14(2)13-35(16)26)17-9-7-15(10-18(17)38-23(28)29)11-24(3,4)25(30,31)32/h7,9-10,14,16,23H,5-6,8,11-13H2,1-4H3,(H,33,37)/t14-,16+/m1/s1. The summed E-state index contributed by atoms with van der Waals surface area (Å²) in [6, 6.07) is 3.99. The maximum Gasteiger partial charge on any atom is 0.394 e. The van der Waals surface area contributed by atoms with Crippen molar-refractivity contribution >= 4 is 33.7 Å². The molecule has 1 amide bonds. The molecule has 2 heterocycles. The summed E-state index contributed by atoms with van der Waals surface area (Å²) in [5, 5.41) is 7.06. The lowest BCUT2D eigenvalue weighted by molar-refractivity contribution is -0.211. The third-order valence-corrected chi connectivity index (χ3v) is 7.94. The van der Waals surface area contributed by atoms with Crippen molar-refractivity contribution < 1.29 is 31.5 Å². The average Bonchev–Trinajstić information content (AvgIpc) is 3.13. The molecule has 1 aliphatic heterocycles. The molecule has 3 rings (SSSR count). The topological polar surface area (TPSA) is 59.4 Å². The number of alkyl halides is 5. The number of benzene rings is 1. The Labute approximate surface area is 232 Å². The van der Waals surface area contributed by atoms with E-state index >= 15 is 0 Å². The van der Waals surface area contributed by atoms with Crippen LogP contribution in [0.15, 0.2) is 18.2 Å². The Morgan fingerprint density at radius 3 is 2.55 bits per heavy atom. The molecule has 6 nitrogen and oxygen atoms in total. The van der Waals surface area contributed by atoms with Crippen LogP contribution in [0.1, 0.15) is 56.6 Å². The molecule has 0 radical (unpaired) electrons. The van der Waals surface area contributed by atoms with Crippen LogP contribution in [-0.2, 0) is 13.0 Å². The van der Waals surface area contributed by atoms with Gasteiger partial charge >= 0.3 is 12.8 Å². The second kappa shape index (κ2) is 12.1. The van der Waals surface area contributed by atoms with Crippen LogP contribution < -0.4 is 10.1 Å². The van der Waals surface area contributed by atoms with Crippen molar-refractivity contribution in [2.45, 2.75) is 72.3 Å². The van der Waals surface area contributed by atoms with Gasteiger partial charge in [0, 0.05) is 47.4 Å². The van der Waals surface area contributed by atoms with Crippen LogP contribution in [-0.4, -0.2) is 51.5 Å². The number of nitrogens with zero attached hydrogens (tertiary/aromatic N) is 3. The van der Waals surface area contributed by atoms with Crippen LogP contribution in [0.5, 0.6) is 5.75 Å². The zero-order valence-electron chi connectivity index (χ0n) is 21.5. The van der Waals surface area contributed by atoms with Gasteiger partial charge in [-0.2, -0.15) is 27.1 Å². The first-order valence-corrected chi connectivity index (χ1v) is 13.3. The highest BCUT2D eigenvalue weighted by Gasteiger charge is 2.47. The summed E-state index contributed by atoms with van der Waals surface area (Å²) in [6.45, 7) is 4.16. The molecule has 0 bridgehead atoms. The van der Waals surface area contributed by atoms with E-state index in [0.29, 0.717) is 12.5 Å². The fourth-order valence-electron chi connectivity index (χ4n) is 4.40. The molecule has 1 aliphatic rings. The molecule has 1 N–H and O–H groups in total. The van der Waals surface area contributed by atoms with E-state index in [2.05, 4.69) is 38.2 Å². The molecule has 2 atom stereocenters. The molecule has 1 aromatic heterocycles. The van der Waals surface area contributed by atoms with Gasteiger partial charge < -0.3 is 10.1 Å². The van der Waals surface area contributed by atoms with E-state index in [1.807, 2.05) is 3.93 Å². The molecule has 0 spiro atoms. The quantitative estimate of drug-likeness (QED) is 0.238. The Morgan fingerprint density at radius 1 is 1.29 bits per heavy atom. The van der Waals surface area contributed by atoms with Gasteiger partial charge in [-0.1, -0.05) is 38.4 Å². The molecule has 0 unspecified atom stereocenters. The second-order valence-electron chi connectivity index (χ2n) is 10.2. The lowest BCUT2D eigenvalue weighted by Crippen LogP contribution is -2.44. The van der Waals surface area contributed by atoms with Gasteiger partial charge in [0.05, 0.1) is 16.1 Å². The molecule has 0 saturated carbocycles. The Hall–Kier alpha value is -1.92. The number of carbonyl (C=O) groups is 1. The summed E-state index contributed by atoms with van der Waals surface area (Å²) in [7, 11) is 0. The Bertz CT molecular complexity index is 1140. The van der Waals surface area contributed by atoms with Crippen molar-refractivity contribution in [3.8, 4) is 17.0 Å². The van der Waals surface area contributed by atoms with Gasteiger partial charge in [0.15, 0.2) is 5.69 Å². The smallest absolute Gasteiger partial charge is 0.394 e. The highest BCUT2D eigenvalue weighted by atomic mass is 79.9. The van der Waals surface area contributed by atoms with E-state index in [0.717, 1.165) is 39.3 Å². The summed E-state index contributed by atoms with van der Waals surface area (Å²) in [4.78, 5) is 13.0. The third kappa shape index (κ3) is 6.98. The van der Waals surface area contributed by atoms with E-state index in [1.54, 1.807) is 6.92 Å². The summed E-state index contributed by atoms with van der Waals surface area (Å²) in [5.41, 5.74) is -1.77. The summed E-state index contributed by atoms with van der Waals surface area (Å²) < 4.78 is 74.9. The maximum absolute atomic E-state index is 13.4. The van der Waals surface area contributed by atoms with Crippen LogP contribution in [0.2, 0.25) is 5.02 Å². The van der Waals surface area contributed by atoms with Gasteiger partial charge in [0.25, 0.3) is 5.91 Å². The average molecular weight is 630 g/mol. The molecule has 1 fully saturated rings. The molecule has 0 aliphatic carbocycles. The molecule has 2 aromatic rings. The van der Waals surface area contributed by atoms with Gasteiger partial charge in [-0.3, -0.25) is 9.48 Å². The molecule has 1 aromatic carbocycles. The van der Waals surface area contributed by atoms with Gasteiger partial charge in [-0.15, -0.1) is 0 Å². The molecule has 1 saturated heterocycles. The van der Waals surface area contributed by atoms with Gasteiger partial charge in [0.2, 0.25) is 0 Å². The molecular formula is C25H31BrClF5N4O2. The van der Waals surface area contributed by atoms with E-state index in [9.17, 15) is 26.7 Å². The van der Waals surface area contributed by atoms with Crippen LogP contribution in [0, 0.1) is 11.3 Å². The van der Waals surface area contributed by atoms with Crippen molar-refractivity contribution in [1.82, 2.24) is 19.0 Å². The molecule has 13 heteroatoms. The third-order valence-electron chi connectivity index (χ3n) is 6.71. The van der Waals surface area contributed by atoms with Crippen molar-refractivity contribution in [2.75, 3.05) is 13.1 Å². The summed E-state index contributed by atoms with van der Waals surface area (Å²) in [6.07, 6.45) is -3.03. The van der Waals surface area contributed by atoms with Crippen molar-refractivity contribution in [2.24, 2.45) is 11.3 Å². The zero-order chi connectivity index (χ0) is 28.4. The summed E-state index contributed by atoms with van der Waals surface area (Å²) >= 11 is 10.1. The number of nitrogens with one attached hydrogen (secondary N) is 1. The van der Waals surface area contributed by atoms with Crippen molar-refractivity contribution in [3.63, 3.8) is 0 Å². The Morgan fingerprint density at radius 2 is 1.97 bits per heavy atom. The molecule has 212 valence electrons. The first-order valence-electron chi connectivity index (χ1n) is 12.3. The Kier molecular flexibility index (Phi) is 9.73. The van der Waals surface area contributed by atoms with Crippen LogP contribution >= 0.6 is 27.7 Å². The number of hydrogen-bond donors (Lipinski definition) is 1. The number of rotatable bonds is 9.